The second-order valence-electron chi connectivity index (χ2n) is 3.76. The van der Waals surface area contributed by atoms with E-state index < -0.39 is 0 Å². The highest BCUT2D eigenvalue weighted by Gasteiger charge is 2.28. The molecule has 0 saturated carbocycles. The van der Waals surface area contributed by atoms with Crippen molar-refractivity contribution in [3.63, 3.8) is 0 Å². The summed E-state index contributed by atoms with van der Waals surface area (Å²) < 4.78 is 0. The summed E-state index contributed by atoms with van der Waals surface area (Å²) in [6, 6.07) is 1.52. The minimum atomic E-state index is 0.755. The number of nitrogens with one attached hydrogen (secondary N) is 2. The molecule has 2 heterocycles. The predicted octanol–water partition coefficient (Wildman–Crippen LogP) is 0.346. The lowest BCUT2D eigenvalue weighted by atomic mass is 9.86. The van der Waals surface area contributed by atoms with Gasteiger partial charge in [-0.25, -0.2) is 0 Å². The molecular weight excluding hydrogens is 124 g/mol. The van der Waals surface area contributed by atoms with E-state index in [2.05, 4.69) is 17.6 Å². The van der Waals surface area contributed by atoms with Gasteiger partial charge in [-0.3, -0.25) is 0 Å². The first-order chi connectivity index (χ1) is 4.84. The van der Waals surface area contributed by atoms with E-state index in [1.807, 2.05) is 0 Å². The fourth-order valence-electron chi connectivity index (χ4n) is 2.31. The van der Waals surface area contributed by atoms with Gasteiger partial charge in [-0.2, -0.15) is 0 Å². The molecule has 0 aromatic carbocycles. The van der Waals surface area contributed by atoms with Gasteiger partial charge in [-0.05, 0) is 32.2 Å². The minimum absolute atomic E-state index is 0.755. The lowest BCUT2D eigenvalue weighted by molar-refractivity contribution is 0.203. The van der Waals surface area contributed by atoms with Gasteiger partial charge in [0.1, 0.15) is 0 Å². The molecule has 2 saturated heterocycles. The number of rotatable bonds is 0. The monoisotopic (exact) mass is 140 g/mol. The molecule has 2 rings (SSSR count). The van der Waals surface area contributed by atoms with E-state index in [0.29, 0.717) is 0 Å². The molecule has 2 nitrogen and oxygen atoms in total. The van der Waals surface area contributed by atoms with Crippen LogP contribution in [0, 0.1) is 5.92 Å². The highest BCUT2D eigenvalue weighted by atomic mass is 15.0. The third-order valence-corrected chi connectivity index (χ3v) is 2.65. The third kappa shape index (κ3) is 1.18. The summed E-state index contributed by atoms with van der Waals surface area (Å²) in [4.78, 5) is 0. The smallest absolute Gasteiger partial charge is 0.0198 e. The average Bonchev–Trinajstić information content (AvgIpc) is 1.85. The van der Waals surface area contributed by atoms with E-state index in [1.165, 1.54) is 25.9 Å². The van der Waals surface area contributed by atoms with Crippen LogP contribution in [-0.4, -0.2) is 25.2 Å². The van der Waals surface area contributed by atoms with Crippen LogP contribution in [0.4, 0.5) is 0 Å². The first kappa shape index (κ1) is 6.62. The summed E-state index contributed by atoms with van der Waals surface area (Å²) in [6.07, 6.45) is 2.76. The molecule has 0 spiro atoms. The van der Waals surface area contributed by atoms with Gasteiger partial charge >= 0.3 is 0 Å². The minimum Gasteiger partial charge on any atom is -0.315 e. The Bertz CT molecular complexity index is 108. The highest BCUT2D eigenvalue weighted by molar-refractivity contribution is 4.89. The molecule has 2 aliphatic rings. The van der Waals surface area contributed by atoms with E-state index in [-0.39, 0.29) is 0 Å². The zero-order valence-corrected chi connectivity index (χ0v) is 6.56. The number of hydrogen-bond acceptors (Lipinski definition) is 2. The molecule has 2 aliphatic heterocycles. The van der Waals surface area contributed by atoms with Crippen LogP contribution in [0.1, 0.15) is 19.8 Å². The van der Waals surface area contributed by atoms with Crippen LogP contribution >= 0.6 is 0 Å². The third-order valence-electron chi connectivity index (χ3n) is 2.65. The molecule has 2 heteroatoms. The van der Waals surface area contributed by atoms with Crippen molar-refractivity contribution in [2.45, 2.75) is 31.8 Å². The molecule has 10 heavy (non-hydrogen) atoms. The molecule has 0 amide bonds. The quantitative estimate of drug-likeness (QED) is 0.507. The summed E-state index contributed by atoms with van der Waals surface area (Å²) >= 11 is 0. The predicted molar refractivity (Wildman–Crippen MR) is 42.0 cm³/mol. The second-order valence-corrected chi connectivity index (χ2v) is 3.76. The topological polar surface area (TPSA) is 24.1 Å². The molecule has 0 aliphatic carbocycles. The van der Waals surface area contributed by atoms with E-state index in [1.54, 1.807) is 0 Å². The maximum atomic E-state index is 3.59. The Labute approximate surface area is 62.4 Å². The fourth-order valence-corrected chi connectivity index (χ4v) is 2.31. The fraction of sp³-hybridized carbons (Fsp3) is 1.00. The molecule has 58 valence electrons. The van der Waals surface area contributed by atoms with Crippen LogP contribution in [0.25, 0.3) is 0 Å². The van der Waals surface area contributed by atoms with Gasteiger partial charge < -0.3 is 10.6 Å². The van der Waals surface area contributed by atoms with Crippen molar-refractivity contribution in [1.82, 2.24) is 10.6 Å². The Hall–Kier alpha value is -0.0800. The lowest BCUT2D eigenvalue weighted by Crippen LogP contribution is -2.54. The van der Waals surface area contributed by atoms with E-state index in [0.717, 1.165) is 18.0 Å². The first-order valence-corrected chi connectivity index (χ1v) is 4.31. The first-order valence-electron chi connectivity index (χ1n) is 4.31. The number of hydrogen-bond donors (Lipinski definition) is 2. The normalized spacial score (nSPS) is 47.1. The molecule has 0 aromatic heterocycles. The van der Waals surface area contributed by atoms with Crippen molar-refractivity contribution < 1.29 is 0 Å². The van der Waals surface area contributed by atoms with Gasteiger partial charge in [0.2, 0.25) is 0 Å². The SMILES string of the molecule is CC1CC2CNCC(C2)N1. The van der Waals surface area contributed by atoms with Crippen LogP contribution < -0.4 is 10.6 Å². The summed E-state index contributed by atoms with van der Waals surface area (Å²) in [5.41, 5.74) is 0. The van der Waals surface area contributed by atoms with Crippen LogP contribution in [0.15, 0.2) is 0 Å². The summed E-state index contributed by atoms with van der Waals surface area (Å²) in [7, 11) is 0. The standard InChI is InChI=1S/C8H16N2/c1-6-2-7-3-8(10-6)5-9-4-7/h6-10H,2-5H2,1H3. The van der Waals surface area contributed by atoms with Crippen molar-refractivity contribution in [1.29, 1.82) is 0 Å². The van der Waals surface area contributed by atoms with Crippen molar-refractivity contribution in [2.75, 3.05) is 13.1 Å². The molecule has 3 atom stereocenters. The summed E-state index contributed by atoms with van der Waals surface area (Å²) in [6.45, 7) is 4.73. The zero-order valence-electron chi connectivity index (χ0n) is 6.56. The zero-order chi connectivity index (χ0) is 6.97. The van der Waals surface area contributed by atoms with Crippen LogP contribution in [0.2, 0.25) is 0 Å². The Kier molecular flexibility index (Phi) is 1.66. The van der Waals surface area contributed by atoms with Gasteiger partial charge in [0.25, 0.3) is 0 Å². The van der Waals surface area contributed by atoms with Gasteiger partial charge in [0, 0.05) is 18.6 Å². The average molecular weight is 140 g/mol. The highest BCUT2D eigenvalue weighted by Crippen LogP contribution is 2.21. The van der Waals surface area contributed by atoms with Crippen molar-refractivity contribution >= 4 is 0 Å². The maximum absolute atomic E-state index is 3.59. The molecule has 2 fully saturated rings. The van der Waals surface area contributed by atoms with E-state index in [9.17, 15) is 0 Å². The van der Waals surface area contributed by atoms with Gasteiger partial charge in [-0.15, -0.1) is 0 Å². The molecule has 2 bridgehead atoms. The largest absolute Gasteiger partial charge is 0.315 e. The Morgan fingerprint density at radius 2 is 2.10 bits per heavy atom. The van der Waals surface area contributed by atoms with Crippen molar-refractivity contribution in [2.24, 2.45) is 5.92 Å². The second kappa shape index (κ2) is 2.51. The van der Waals surface area contributed by atoms with Crippen LogP contribution in [-0.2, 0) is 0 Å². The lowest BCUT2D eigenvalue weighted by Gasteiger charge is -2.39. The molecule has 2 N–H and O–H groups in total. The van der Waals surface area contributed by atoms with Crippen molar-refractivity contribution in [3.8, 4) is 0 Å². The van der Waals surface area contributed by atoms with Crippen LogP contribution in [0.5, 0.6) is 0 Å². The molecular formula is C8H16N2. The van der Waals surface area contributed by atoms with Gasteiger partial charge in [0.05, 0.1) is 0 Å². The van der Waals surface area contributed by atoms with Gasteiger partial charge in [-0.1, -0.05) is 0 Å². The Balaban J connectivity index is 1.98. The molecule has 0 aromatic rings. The van der Waals surface area contributed by atoms with Gasteiger partial charge in [0.15, 0.2) is 0 Å². The Morgan fingerprint density at radius 1 is 1.20 bits per heavy atom. The molecule has 3 unspecified atom stereocenters. The summed E-state index contributed by atoms with van der Waals surface area (Å²) in [5, 5.41) is 7.03. The Morgan fingerprint density at radius 3 is 2.90 bits per heavy atom. The summed E-state index contributed by atoms with van der Waals surface area (Å²) in [5.74, 6) is 0.954. The maximum Gasteiger partial charge on any atom is 0.0198 e. The number of fused-ring (bicyclic) bond motifs is 2. The van der Waals surface area contributed by atoms with E-state index >= 15 is 0 Å². The number of piperidine rings is 2. The van der Waals surface area contributed by atoms with E-state index in [4.69, 9.17) is 0 Å². The molecule has 0 radical (unpaired) electrons. The van der Waals surface area contributed by atoms with Crippen LogP contribution in [0.3, 0.4) is 0 Å². The van der Waals surface area contributed by atoms with Crippen molar-refractivity contribution in [3.05, 3.63) is 0 Å².